The van der Waals surface area contributed by atoms with Crippen molar-refractivity contribution in [2.45, 2.75) is 114 Å². The maximum absolute atomic E-state index is 6.10. The summed E-state index contributed by atoms with van der Waals surface area (Å²) in [6.45, 7) is 8.14. The smallest absolute Gasteiger partial charge is 0.200 e. The molecule has 0 aliphatic heterocycles. The lowest BCUT2D eigenvalue weighted by atomic mass is 10.1. The topological polar surface area (TPSA) is 0 Å². The average Bonchev–Trinajstić information content (AvgIpc) is 2.81. The van der Waals surface area contributed by atoms with E-state index >= 15 is 0 Å². The molecule has 32 heavy (non-hydrogen) atoms. The van der Waals surface area contributed by atoms with Crippen LogP contribution in [0.15, 0.2) is 24.3 Å². The van der Waals surface area contributed by atoms with E-state index in [4.69, 9.17) is 18.0 Å². The van der Waals surface area contributed by atoms with Gasteiger partial charge in [-0.3, -0.25) is 0 Å². The fraction of sp³-hybridized carbons (Fsp3) is 0.724. The molecule has 1 aromatic carbocycles. The zero-order chi connectivity index (χ0) is 23.5. The molecule has 1 unspecified atom stereocenters. The first kappa shape index (κ1) is 29.8. The van der Waals surface area contributed by atoms with Crippen molar-refractivity contribution in [3.8, 4) is 12.3 Å². The van der Waals surface area contributed by atoms with Crippen LogP contribution in [-0.2, 0) is 6.42 Å². The molecule has 1 rings (SSSR count). The number of quaternary nitrogens is 1. The highest BCUT2D eigenvalue weighted by Crippen LogP contribution is 2.25. The van der Waals surface area contributed by atoms with Gasteiger partial charge in [-0.1, -0.05) is 102 Å². The van der Waals surface area contributed by atoms with Crippen LogP contribution in [-0.4, -0.2) is 28.2 Å². The number of unbranched alkanes of at least 4 members (excludes halogenated alkanes) is 12. The molecule has 0 bridgehead atoms. The first-order valence-electron chi connectivity index (χ1n) is 13.3. The number of halogens is 2. The fourth-order valence-corrected chi connectivity index (χ4v) is 5.57. The van der Waals surface area contributed by atoms with Gasteiger partial charge in [-0.15, -0.1) is 6.42 Å². The lowest BCUT2D eigenvalue weighted by Gasteiger charge is -2.41. The minimum absolute atomic E-state index is 0.250. The van der Waals surface area contributed by atoms with E-state index in [0.29, 0.717) is 0 Å². The molecular formula is C29H48ClIN+. The summed E-state index contributed by atoms with van der Waals surface area (Å²) in [5.41, 5.74) is 1.37. The second-order valence-corrected chi connectivity index (χ2v) is 11.1. The molecule has 0 amide bonds. The Morgan fingerprint density at radius 2 is 1.19 bits per heavy atom. The molecule has 0 N–H and O–H groups in total. The van der Waals surface area contributed by atoms with E-state index in [1.54, 1.807) is 0 Å². The van der Waals surface area contributed by atoms with E-state index in [-0.39, 0.29) is 4.05 Å². The molecule has 0 spiro atoms. The highest BCUT2D eigenvalue weighted by Gasteiger charge is 2.33. The van der Waals surface area contributed by atoms with Crippen LogP contribution in [0.2, 0.25) is 5.02 Å². The molecule has 1 nitrogen and oxygen atoms in total. The summed E-state index contributed by atoms with van der Waals surface area (Å²) in [6.07, 6.45) is 26.1. The molecule has 0 heterocycles. The Labute approximate surface area is 218 Å². The van der Waals surface area contributed by atoms with E-state index in [9.17, 15) is 0 Å². The third-order valence-electron chi connectivity index (χ3n) is 6.79. The Kier molecular flexibility index (Phi) is 17.8. The Hall–Kier alpha value is -0.240. The van der Waals surface area contributed by atoms with Crippen molar-refractivity contribution in [1.29, 1.82) is 0 Å². The van der Waals surface area contributed by atoms with Crippen molar-refractivity contribution in [2.75, 3.05) is 19.6 Å². The van der Waals surface area contributed by atoms with Crippen LogP contribution in [0.1, 0.15) is 109 Å². The normalized spacial score (nSPS) is 12.6. The average molecular weight is 573 g/mol. The van der Waals surface area contributed by atoms with Crippen LogP contribution in [0.3, 0.4) is 0 Å². The van der Waals surface area contributed by atoms with E-state index in [1.807, 2.05) is 12.1 Å². The minimum Gasteiger partial charge on any atom is -0.303 e. The Bertz CT molecular complexity index is 589. The zero-order valence-corrected chi connectivity index (χ0v) is 23.8. The number of rotatable bonds is 20. The minimum atomic E-state index is 0.250. The van der Waals surface area contributed by atoms with Gasteiger partial charge in [0.1, 0.15) is 0 Å². The zero-order valence-electron chi connectivity index (χ0n) is 20.9. The largest absolute Gasteiger partial charge is 0.303 e. The van der Waals surface area contributed by atoms with E-state index in [2.05, 4.69) is 54.5 Å². The highest BCUT2D eigenvalue weighted by atomic mass is 127. The third kappa shape index (κ3) is 12.9. The maximum atomic E-state index is 6.10. The molecule has 0 saturated heterocycles. The van der Waals surface area contributed by atoms with Crippen LogP contribution in [0.4, 0.5) is 0 Å². The number of benzene rings is 1. The van der Waals surface area contributed by atoms with Crippen LogP contribution in [0.25, 0.3) is 0 Å². The van der Waals surface area contributed by atoms with E-state index < -0.39 is 0 Å². The summed E-state index contributed by atoms with van der Waals surface area (Å²) in [5, 5.41) is 0.816. The first-order valence-corrected chi connectivity index (χ1v) is 14.9. The Morgan fingerprint density at radius 3 is 1.62 bits per heavy atom. The predicted molar refractivity (Wildman–Crippen MR) is 153 cm³/mol. The quantitative estimate of drug-likeness (QED) is 0.0364. The van der Waals surface area contributed by atoms with Crippen LogP contribution < -0.4 is 0 Å². The Balaban J connectivity index is 2.68. The standard InChI is InChI=1S/C29H48ClIN/c1-4-7-9-11-13-15-17-24-32(29(31)6-3,25-18-16-14-12-10-8-5-2)26-23-27-19-21-28(30)22-20-27/h3,19-22,29H,4-5,7-18,23-26H2,1-2H3/q+1. The molecule has 1 aromatic rings. The molecule has 0 saturated carbocycles. The van der Waals surface area contributed by atoms with Gasteiger partial charge < -0.3 is 4.48 Å². The maximum Gasteiger partial charge on any atom is 0.200 e. The number of terminal acetylenes is 1. The molecule has 3 heteroatoms. The predicted octanol–water partition coefficient (Wildman–Crippen LogP) is 9.59. The van der Waals surface area contributed by atoms with Crippen LogP contribution >= 0.6 is 34.2 Å². The van der Waals surface area contributed by atoms with E-state index in [0.717, 1.165) is 22.5 Å². The molecule has 0 fully saturated rings. The lowest BCUT2D eigenvalue weighted by Crippen LogP contribution is -2.54. The van der Waals surface area contributed by atoms with E-state index in [1.165, 1.54) is 109 Å². The van der Waals surface area contributed by atoms with Gasteiger partial charge in [0.15, 0.2) is 0 Å². The molecule has 0 aliphatic rings. The SMILES string of the molecule is C#CC(I)[N+](CCCCCCCCC)(CCCCCCCCC)CCc1ccc(Cl)cc1. The monoisotopic (exact) mass is 572 g/mol. The van der Waals surface area contributed by atoms with Crippen molar-refractivity contribution < 1.29 is 4.48 Å². The summed E-state index contributed by atoms with van der Waals surface area (Å²) in [5.74, 6) is 3.13. The summed E-state index contributed by atoms with van der Waals surface area (Å²) < 4.78 is 1.32. The third-order valence-corrected chi connectivity index (χ3v) is 8.58. The van der Waals surface area contributed by atoms with Gasteiger partial charge in [0.05, 0.1) is 19.6 Å². The summed E-state index contributed by atoms with van der Waals surface area (Å²) in [4.78, 5) is 0. The van der Waals surface area contributed by atoms with Gasteiger partial charge in [-0.25, -0.2) is 0 Å². The summed E-state index contributed by atoms with van der Waals surface area (Å²) >= 11 is 8.64. The van der Waals surface area contributed by atoms with Crippen LogP contribution in [0, 0.1) is 12.3 Å². The van der Waals surface area contributed by atoms with Gasteiger partial charge in [0.2, 0.25) is 4.05 Å². The summed E-state index contributed by atoms with van der Waals surface area (Å²) in [6, 6.07) is 8.38. The number of alkyl halides is 1. The highest BCUT2D eigenvalue weighted by molar-refractivity contribution is 14.1. The van der Waals surface area contributed by atoms with Gasteiger partial charge in [0.25, 0.3) is 0 Å². The molecule has 0 aliphatic carbocycles. The molecule has 0 radical (unpaired) electrons. The van der Waals surface area contributed by atoms with Crippen molar-refractivity contribution in [1.82, 2.24) is 0 Å². The second-order valence-electron chi connectivity index (χ2n) is 9.51. The van der Waals surface area contributed by atoms with Crippen LogP contribution in [0.5, 0.6) is 0 Å². The Morgan fingerprint density at radius 1 is 0.750 bits per heavy atom. The van der Waals surface area contributed by atoms with Crippen molar-refractivity contribution >= 4 is 34.2 Å². The number of hydrogen-bond donors (Lipinski definition) is 0. The number of hydrogen-bond acceptors (Lipinski definition) is 0. The van der Waals surface area contributed by atoms with Gasteiger partial charge >= 0.3 is 0 Å². The molecular weight excluding hydrogens is 525 g/mol. The summed E-state index contributed by atoms with van der Waals surface area (Å²) in [7, 11) is 0. The second kappa shape index (κ2) is 19.1. The van der Waals surface area contributed by atoms with Crippen molar-refractivity contribution in [3.63, 3.8) is 0 Å². The van der Waals surface area contributed by atoms with Gasteiger partial charge in [0, 0.05) is 34.0 Å². The van der Waals surface area contributed by atoms with Crippen molar-refractivity contribution in [3.05, 3.63) is 34.9 Å². The molecule has 182 valence electrons. The van der Waals surface area contributed by atoms with Gasteiger partial charge in [-0.2, -0.15) is 0 Å². The first-order chi connectivity index (χ1) is 15.6. The molecule has 0 aromatic heterocycles. The lowest BCUT2D eigenvalue weighted by molar-refractivity contribution is -0.927. The van der Waals surface area contributed by atoms with Gasteiger partial charge in [-0.05, 0) is 49.3 Å². The fourth-order valence-electron chi connectivity index (χ4n) is 4.60. The van der Waals surface area contributed by atoms with Crippen molar-refractivity contribution in [2.24, 2.45) is 0 Å². The number of nitrogens with zero attached hydrogens (tertiary/aromatic N) is 1. The molecule has 1 atom stereocenters.